The molecule has 0 atom stereocenters. The molecule has 0 saturated carbocycles. The van der Waals surface area contributed by atoms with Gasteiger partial charge in [0.1, 0.15) is 11.8 Å². The Morgan fingerprint density at radius 2 is 1.78 bits per heavy atom. The Morgan fingerprint density at radius 1 is 1.00 bits per heavy atom. The minimum absolute atomic E-state index is 0.0705. The first-order chi connectivity index (χ1) is 18.0. The van der Waals surface area contributed by atoms with Crippen molar-refractivity contribution in [2.75, 3.05) is 20.3 Å². The van der Waals surface area contributed by atoms with Gasteiger partial charge in [0.15, 0.2) is 23.1 Å². The Bertz CT molecular complexity index is 1440. The van der Waals surface area contributed by atoms with Crippen molar-refractivity contribution in [1.29, 1.82) is 0 Å². The average molecular weight is 516 g/mol. The van der Waals surface area contributed by atoms with Crippen LogP contribution in [0.5, 0.6) is 11.5 Å². The number of Topliss-reactive ketones (excluding diaryl/α,β-unsaturated/α-hetero) is 2. The topological polar surface area (TPSA) is 74.7 Å². The quantitative estimate of drug-likeness (QED) is 0.231. The van der Waals surface area contributed by atoms with Crippen LogP contribution in [0.15, 0.2) is 60.0 Å². The van der Waals surface area contributed by atoms with Gasteiger partial charge in [-0.1, -0.05) is 24.3 Å². The van der Waals surface area contributed by atoms with E-state index in [0.29, 0.717) is 36.0 Å². The number of aryl methyl sites for hydroxylation is 1. The van der Waals surface area contributed by atoms with Crippen molar-refractivity contribution in [3.63, 3.8) is 0 Å². The number of nitrogens with zero attached hydrogens (tertiary/aromatic N) is 1. The van der Waals surface area contributed by atoms with Crippen LogP contribution in [-0.2, 0) is 4.74 Å². The van der Waals surface area contributed by atoms with Gasteiger partial charge < -0.3 is 14.2 Å². The smallest absolute Gasteiger partial charge is 0.181 e. The first kappa shape index (κ1) is 25.1. The molecule has 0 radical (unpaired) electrons. The van der Waals surface area contributed by atoms with Crippen LogP contribution in [-0.4, -0.2) is 43.0 Å². The zero-order valence-electron chi connectivity index (χ0n) is 21.0. The maximum atomic E-state index is 13.0. The van der Waals surface area contributed by atoms with Gasteiger partial charge in [-0.3, -0.25) is 9.59 Å². The lowest BCUT2D eigenvalue weighted by Crippen LogP contribution is -2.26. The summed E-state index contributed by atoms with van der Waals surface area (Å²) in [5, 5.41) is 3.22. The molecule has 0 unspecified atom stereocenters. The van der Waals surface area contributed by atoms with Crippen LogP contribution in [0.3, 0.4) is 0 Å². The molecule has 7 heteroatoms. The van der Waals surface area contributed by atoms with Gasteiger partial charge in [-0.2, -0.15) is 0 Å². The Labute approximate surface area is 220 Å². The molecule has 1 aliphatic rings. The number of ether oxygens (including phenoxy) is 3. The van der Waals surface area contributed by atoms with E-state index in [4.69, 9.17) is 14.2 Å². The van der Waals surface area contributed by atoms with Crippen molar-refractivity contribution < 1.29 is 23.8 Å². The van der Waals surface area contributed by atoms with Gasteiger partial charge in [0, 0.05) is 52.3 Å². The summed E-state index contributed by atoms with van der Waals surface area (Å²) >= 11 is 1.68. The summed E-state index contributed by atoms with van der Waals surface area (Å²) in [5.41, 5.74) is 3.86. The normalized spacial score (nSPS) is 14.0. The number of hydrogen-bond acceptors (Lipinski definition) is 7. The zero-order chi connectivity index (χ0) is 25.8. The van der Waals surface area contributed by atoms with Crippen molar-refractivity contribution in [1.82, 2.24) is 4.98 Å². The molecule has 190 valence electrons. The molecule has 0 aliphatic carbocycles. The van der Waals surface area contributed by atoms with E-state index in [9.17, 15) is 9.59 Å². The number of methoxy groups -OCH3 is 1. The minimum atomic E-state index is -0.155. The number of aromatic nitrogens is 1. The van der Waals surface area contributed by atoms with Crippen LogP contribution in [0.1, 0.15) is 52.1 Å². The number of rotatable bonds is 9. The minimum Gasteiger partial charge on any atom is -0.493 e. The maximum absolute atomic E-state index is 13.0. The number of benzene rings is 2. The van der Waals surface area contributed by atoms with Crippen molar-refractivity contribution >= 4 is 33.0 Å². The largest absolute Gasteiger partial charge is 0.493 e. The molecule has 6 nitrogen and oxygen atoms in total. The highest BCUT2D eigenvalue weighted by Crippen LogP contribution is 2.35. The molecule has 1 aliphatic heterocycles. The van der Waals surface area contributed by atoms with Gasteiger partial charge >= 0.3 is 0 Å². The number of thiophene rings is 1. The number of carbonyl (C=O) groups is 2. The molecule has 37 heavy (non-hydrogen) atoms. The third kappa shape index (κ3) is 5.58. The molecule has 2 aromatic carbocycles. The molecule has 4 aromatic rings. The van der Waals surface area contributed by atoms with Crippen molar-refractivity contribution in [2.45, 2.75) is 38.7 Å². The van der Waals surface area contributed by atoms with E-state index >= 15 is 0 Å². The molecule has 1 fully saturated rings. The van der Waals surface area contributed by atoms with Crippen LogP contribution in [0, 0.1) is 6.92 Å². The lowest BCUT2D eigenvalue weighted by molar-refractivity contribution is 0.0245. The Hall–Kier alpha value is -3.55. The lowest BCUT2D eigenvalue weighted by atomic mass is 10.0. The van der Waals surface area contributed by atoms with Crippen LogP contribution in [0.4, 0.5) is 0 Å². The summed E-state index contributed by atoms with van der Waals surface area (Å²) in [6.07, 6.45) is 1.89. The molecule has 0 bridgehead atoms. The molecule has 3 heterocycles. The van der Waals surface area contributed by atoms with Crippen LogP contribution >= 0.6 is 11.3 Å². The van der Waals surface area contributed by atoms with E-state index in [0.717, 1.165) is 29.5 Å². The predicted octanol–water partition coefficient (Wildman–Crippen LogP) is 6.68. The first-order valence-electron chi connectivity index (χ1n) is 12.5. The van der Waals surface area contributed by atoms with E-state index in [-0.39, 0.29) is 30.5 Å². The number of ketones is 2. The third-order valence-corrected chi connectivity index (χ3v) is 7.77. The molecular formula is C30H29NO5S. The highest BCUT2D eigenvalue weighted by Gasteiger charge is 2.19. The molecule has 0 N–H and O–H groups in total. The lowest BCUT2D eigenvalue weighted by Gasteiger charge is -2.24. The molecule has 5 rings (SSSR count). The Morgan fingerprint density at radius 3 is 2.59 bits per heavy atom. The van der Waals surface area contributed by atoms with Crippen molar-refractivity contribution in [2.24, 2.45) is 0 Å². The number of fused-ring (bicyclic) bond motifs is 1. The number of hydrogen-bond donors (Lipinski definition) is 0. The predicted molar refractivity (Wildman–Crippen MR) is 145 cm³/mol. The molecule has 0 spiro atoms. The van der Waals surface area contributed by atoms with Gasteiger partial charge in [0.05, 0.1) is 26.0 Å². The Balaban J connectivity index is 1.25. The summed E-state index contributed by atoms with van der Waals surface area (Å²) in [4.78, 5) is 30.5. The molecular weight excluding hydrogens is 486 g/mol. The van der Waals surface area contributed by atoms with Crippen LogP contribution in [0.25, 0.3) is 21.3 Å². The van der Waals surface area contributed by atoms with E-state index in [1.165, 1.54) is 10.3 Å². The summed E-state index contributed by atoms with van der Waals surface area (Å²) in [5.74, 6) is 0.840. The zero-order valence-corrected chi connectivity index (χ0v) is 21.8. The van der Waals surface area contributed by atoms with Gasteiger partial charge in [0.25, 0.3) is 0 Å². The van der Waals surface area contributed by atoms with E-state index in [2.05, 4.69) is 29.4 Å². The fourth-order valence-corrected chi connectivity index (χ4v) is 5.59. The highest BCUT2D eigenvalue weighted by molar-refractivity contribution is 7.18. The van der Waals surface area contributed by atoms with E-state index in [1.54, 1.807) is 42.7 Å². The van der Waals surface area contributed by atoms with E-state index in [1.807, 2.05) is 18.2 Å². The molecule has 2 aromatic heterocycles. The van der Waals surface area contributed by atoms with Crippen molar-refractivity contribution in [3.05, 3.63) is 76.8 Å². The number of pyridine rings is 1. The monoisotopic (exact) mass is 515 g/mol. The average Bonchev–Trinajstić information content (AvgIpc) is 3.38. The van der Waals surface area contributed by atoms with E-state index < -0.39 is 0 Å². The summed E-state index contributed by atoms with van der Waals surface area (Å²) in [7, 11) is 1.56. The maximum Gasteiger partial charge on any atom is 0.181 e. The highest BCUT2D eigenvalue weighted by atomic mass is 32.1. The molecule has 0 amide bonds. The summed E-state index contributed by atoms with van der Waals surface area (Å²) < 4.78 is 18.1. The second kappa shape index (κ2) is 11.2. The first-order valence-corrected chi connectivity index (χ1v) is 13.3. The number of carbonyl (C=O) groups excluding carboxylic acids is 2. The third-order valence-electron chi connectivity index (χ3n) is 6.63. The van der Waals surface area contributed by atoms with Gasteiger partial charge in [-0.15, -0.1) is 11.3 Å². The second-order valence-corrected chi connectivity index (χ2v) is 10.0. The van der Waals surface area contributed by atoms with Gasteiger partial charge in [0.2, 0.25) is 0 Å². The SMILES string of the molecule is COc1cc(C(=O)CCC(=O)c2cccc(-c3csc4c(C)cccc34)n2)ccc1OC1CCOCC1. The van der Waals surface area contributed by atoms with Crippen LogP contribution < -0.4 is 9.47 Å². The van der Waals surface area contributed by atoms with Crippen molar-refractivity contribution in [3.8, 4) is 22.8 Å². The van der Waals surface area contributed by atoms with Gasteiger partial charge in [-0.05, 0) is 42.8 Å². The molecule has 1 saturated heterocycles. The fraction of sp³-hybridized carbons (Fsp3) is 0.300. The van der Waals surface area contributed by atoms with Crippen LogP contribution in [0.2, 0.25) is 0 Å². The van der Waals surface area contributed by atoms with Gasteiger partial charge in [-0.25, -0.2) is 4.98 Å². The summed E-state index contributed by atoms with van der Waals surface area (Å²) in [6, 6.07) is 16.9. The second-order valence-electron chi connectivity index (χ2n) is 9.15. The Kier molecular flexibility index (Phi) is 7.63. The standard InChI is InChI=1S/C30H29NO5S/c1-19-5-3-6-22-23(18-37-30(19)22)24-7-4-8-25(31-24)27(33)11-10-26(32)20-9-12-28(29(17-20)34-2)36-21-13-15-35-16-14-21/h3-9,12,17-18,21H,10-11,13-16H2,1-2H3. The fourth-order valence-electron chi connectivity index (χ4n) is 4.55. The summed E-state index contributed by atoms with van der Waals surface area (Å²) in [6.45, 7) is 3.45.